The lowest BCUT2D eigenvalue weighted by Gasteiger charge is -2.32. The average molecular weight is 404 g/mol. The van der Waals surface area contributed by atoms with Gasteiger partial charge in [-0.15, -0.1) is 21.5 Å². The predicted octanol–water partition coefficient (Wildman–Crippen LogP) is 2.51. The van der Waals surface area contributed by atoms with E-state index in [0.29, 0.717) is 12.6 Å². The van der Waals surface area contributed by atoms with Crippen LogP contribution in [0.3, 0.4) is 0 Å². The standard InChI is InChI=1S/C20H33N7S/c1-3-10-26-11-7-17(8-12-26)24-20(22-15-18-6-5-14-28-18)21-9-13-27-16-23-25-19(27)4-2/h5-6,14,16-17H,3-4,7-13,15H2,1-2H3,(H2,21,22,24). The molecule has 0 atom stereocenters. The van der Waals surface area contributed by atoms with Gasteiger partial charge in [-0.3, -0.25) is 0 Å². The second kappa shape index (κ2) is 11.2. The highest BCUT2D eigenvalue weighted by molar-refractivity contribution is 7.09. The Hall–Kier alpha value is -1.93. The summed E-state index contributed by atoms with van der Waals surface area (Å²) < 4.78 is 2.10. The first-order chi connectivity index (χ1) is 13.8. The van der Waals surface area contributed by atoms with E-state index in [9.17, 15) is 0 Å². The van der Waals surface area contributed by atoms with Gasteiger partial charge in [-0.1, -0.05) is 19.9 Å². The zero-order valence-corrected chi connectivity index (χ0v) is 17.9. The molecule has 8 heteroatoms. The van der Waals surface area contributed by atoms with E-state index >= 15 is 0 Å². The summed E-state index contributed by atoms with van der Waals surface area (Å²) in [7, 11) is 0. The maximum absolute atomic E-state index is 4.83. The molecule has 0 bridgehead atoms. The Morgan fingerprint density at radius 3 is 2.86 bits per heavy atom. The van der Waals surface area contributed by atoms with Gasteiger partial charge in [-0.25, -0.2) is 4.99 Å². The van der Waals surface area contributed by atoms with Crippen LogP contribution in [0, 0.1) is 0 Å². The monoisotopic (exact) mass is 403 g/mol. The topological polar surface area (TPSA) is 70.4 Å². The first-order valence-corrected chi connectivity index (χ1v) is 11.3. The second-order valence-electron chi connectivity index (χ2n) is 7.23. The number of likely N-dealkylation sites (tertiary alicyclic amines) is 1. The van der Waals surface area contributed by atoms with E-state index in [-0.39, 0.29) is 0 Å². The molecule has 154 valence electrons. The summed E-state index contributed by atoms with van der Waals surface area (Å²) in [5.74, 6) is 1.93. The van der Waals surface area contributed by atoms with Crippen molar-refractivity contribution in [2.75, 3.05) is 26.2 Å². The zero-order chi connectivity index (χ0) is 19.6. The van der Waals surface area contributed by atoms with Gasteiger partial charge < -0.3 is 20.1 Å². The lowest BCUT2D eigenvalue weighted by molar-refractivity contribution is 0.206. The summed E-state index contributed by atoms with van der Waals surface area (Å²) in [5, 5.41) is 17.4. The SMILES string of the molecule is CCCN1CCC(NC(=NCc2cccs2)NCCn2cnnc2CC)CC1. The minimum atomic E-state index is 0.490. The Balaban J connectivity index is 1.53. The molecule has 0 aliphatic carbocycles. The number of hydrogen-bond acceptors (Lipinski definition) is 5. The minimum absolute atomic E-state index is 0.490. The number of rotatable bonds is 9. The van der Waals surface area contributed by atoms with Crippen LogP contribution < -0.4 is 10.6 Å². The van der Waals surface area contributed by atoms with Crippen molar-refractivity contribution in [1.82, 2.24) is 30.3 Å². The Morgan fingerprint density at radius 1 is 1.29 bits per heavy atom. The quantitative estimate of drug-likeness (QED) is 0.497. The fraction of sp³-hybridized carbons (Fsp3) is 0.650. The van der Waals surface area contributed by atoms with Crippen LogP contribution in [0.1, 0.15) is 43.8 Å². The number of aromatic nitrogens is 3. The third-order valence-electron chi connectivity index (χ3n) is 5.10. The van der Waals surface area contributed by atoms with Gasteiger partial charge in [-0.05, 0) is 37.3 Å². The summed E-state index contributed by atoms with van der Waals surface area (Å²) in [5.41, 5.74) is 0. The van der Waals surface area contributed by atoms with E-state index in [2.05, 4.69) is 61.7 Å². The molecular weight excluding hydrogens is 370 g/mol. The van der Waals surface area contributed by atoms with Crippen LogP contribution in [0.2, 0.25) is 0 Å². The molecule has 1 saturated heterocycles. The first kappa shape index (κ1) is 20.8. The Kier molecular flexibility index (Phi) is 8.29. The van der Waals surface area contributed by atoms with Crippen molar-refractivity contribution in [1.29, 1.82) is 0 Å². The van der Waals surface area contributed by atoms with E-state index < -0.39 is 0 Å². The third-order valence-corrected chi connectivity index (χ3v) is 5.96. The van der Waals surface area contributed by atoms with Crippen LogP contribution in [-0.2, 0) is 19.5 Å². The van der Waals surface area contributed by atoms with E-state index in [0.717, 1.165) is 31.3 Å². The van der Waals surface area contributed by atoms with Gasteiger partial charge in [-0.2, -0.15) is 0 Å². The van der Waals surface area contributed by atoms with E-state index in [4.69, 9.17) is 4.99 Å². The van der Waals surface area contributed by atoms with Crippen LogP contribution in [0.4, 0.5) is 0 Å². The van der Waals surface area contributed by atoms with Crippen molar-refractivity contribution >= 4 is 17.3 Å². The van der Waals surface area contributed by atoms with Crippen molar-refractivity contribution in [2.45, 2.75) is 58.7 Å². The van der Waals surface area contributed by atoms with Crippen molar-refractivity contribution in [3.63, 3.8) is 0 Å². The molecule has 1 aliphatic heterocycles. The molecule has 7 nitrogen and oxygen atoms in total. The lowest BCUT2D eigenvalue weighted by atomic mass is 10.1. The molecule has 0 unspecified atom stereocenters. The number of thiophene rings is 1. The average Bonchev–Trinajstić information content (AvgIpc) is 3.39. The minimum Gasteiger partial charge on any atom is -0.355 e. The van der Waals surface area contributed by atoms with Crippen LogP contribution in [0.25, 0.3) is 0 Å². The van der Waals surface area contributed by atoms with E-state index in [1.165, 1.54) is 43.8 Å². The Labute approximate surface area is 172 Å². The molecule has 0 saturated carbocycles. The summed E-state index contributed by atoms with van der Waals surface area (Å²) in [4.78, 5) is 8.67. The summed E-state index contributed by atoms with van der Waals surface area (Å²) in [6, 6.07) is 4.71. The predicted molar refractivity (Wildman–Crippen MR) is 116 cm³/mol. The normalized spacial score (nSPS) is 16.4. The van der Waals surface area contributed by atoms with Crippen molar-refractivity contribution in [3.8, 4) is 0 Å². The number of aryl methyl sites for hydroxylation is 1. The molecular formula is C20H33N7S. The van der Waals surface area contributed by atoms with Crippen molar-refractivity contribution in [3.05, 3.63) is 34.5 Å². The molecule has 1 aliphatic rings. The van der Waals surface area contributed by atoms with Gasteiger partial charge in [0.15, 0.2) is 5.96 Å². The molecule has 3 heterocycles. The first-order valence-electron chi connectivity index (χ1n) is 10.4. The molecule has 28 heavy (non-hydrogen) atoms. The highest BCUT2D eigenvalue weighted by Gasteiger charge is 2.19. The number of guanidine groups is 1. The highest BCUT2D eigenvalue weighted by atomic mass is 32.1. The molecule has 2 N–H and O–H groups in total. The zero-order valence-electron chi connectivity index (χ0n) is 17.1. The van der Waals surface area contributed by atoms with Gasteiger partial charge in [0.2, 0.25) is 0 Å². The van der Waals surface area contributed by atoms with Crippen LogP contribution in [0.5, 0.6) is 0 Å². The summed E-state index contributed by atoms with van der Waals surface area (Å²) in [6.07, 6.45) is 6.28. The number of aliphatic imine (C=N–C) groups is 1. The molecule has 2 aromatic heterocycles. The largest absolute Gasteiger partial charge is 0.355 e. The molecule has 0 radical (unpaired) electrons. The smallest absolute Gasteiger partial charge is 0.191 e. The fourth-order valence-corrected chi connectivity index (χ4v) is 4.18. The van der Waals surface area contributed by atoms with E-state index in [1.807, 2.05) is 0 Å². The van der Waals surface area contributed by atoms with Gasteiger partial charge in [0.25, 0.3) is 0 Å². The molecule has 0 spiro atoms. The van der Waals surface area contributed by atoms with Crippen molar-refractivity contribution in [2.24, 2.45) is 4.99 Å². The van der Waals surface area contributed by atoms with Crippen LogP contribution >= 0.6 is 11.3 Å². The van der Waals surface area contributed by atoms with Gasteiger partial charge in [0.1, 0.15) is 12.2 Å². The highest BCUT2D eigenvalue weighted by Crippen LogP contribution is 2.12. The van der Waals surface area contributed by atoms with Crippen molar-refractivity contribution < 1.29 is 0 Å². The van der Waals surface area contributed by atoms with Gasteiger partial charge in [0.05, 0.1) is 6.54 Å². The fourth-order valence-electron chi connectivity index (χ4n) is 3.56. The Bertz CT molecular complexity index is 702. The molecule has 0 aromatic carbocycles. The molecule has 3 rings (SSSR count). The maximum Gasteiger partial charge on any atom is 0.191 e. The van der Waals surface area contributed by atoms with E-state index in [1.54, 1.807) is 17.7 Å². The van der Waals surface area contributed by atoms with Gasteiger partial charge in [0, 0.05) is 43.5 Å². The number of nitrogens with one attached hydrogen (secondary N) is 2. The molecule has 1 fully saturated rings. The number of hydrogen-bond donors (Lipinski definition) is 2. The molecule has 0 amide bonds. The van der Waals surface area contributed by atoms with Crippen LogP contribution in [0.15, 0.2) is 28.8 Å². The molecule has 2 aromatic rings. The Morgan fingerprint density at radius 2 is 2.14 bits per heavy atom. The lowest BCUT2D eigenvalue weighted by Crippen LogP contribution is -2.49. The summed E-state index contributed by atoms with van der Waals surface area (Å²) in [6.45, 7) is 10.3. The summed E-state index contributed by atoms with van der Waals surface area (Å²) >= 11 is 1.75. The third kappa shape index (κ3) is 6.31. The van der Waals surface area contributed by atoms with Crippen LogP contribution in [-0.4, -0.2) is 57.8 Å². The number of piperidine rings is 1. The number of nitrogens with zero attached hydrogens (tertiary/aromatic N) is 5. The maximum atomic E-state index is 4.83. The van der Waals surface area contributed by atoms with Gasteiger partial charge >= 0.3 is 0 Å². The second-order valence-corrected chi connectivity index (χ2v) is 8.26.